The van der Waals surface area contributed by atoms with Crippen LogP contribution < -0.4 is 0 Å². The van der Waals surface area contributed by atoms with Crippen LogP contribution in [-0.2, 0) is 37.2 Å². The molecule has 0 fully saturated rings. The van der Waals surface area contributed by atoms with E-state index in [0.29, 0.717) is 11.1 Å². The number of aliphatic hydroxyl groups is 1. The molecule has 0 amide bonds. The number of hydrogen-bond acceptors (Lipinski definition) is 8. The lowest BCUT2D eigenvalue weighted by molar-refractivity contribution is -0.444. The normalized spacial score (nSPS) is 13.4. The molecule has 1 aromatic rings. The Bertz CT molecular complexity index is 692. The summed E-state index contributed by atoms with van der Waals surface area (Å²) in [6, 6.07) is 2.98. The predicted molar refractivity (Wildman–Crippen MR) is 78.6 cm³/mol. The summed E-state index contributed by atoms with van der Waals surface area (Å²) in [6.07, 6.45) is 0.389. The molecule has 1 N–H and O–H groups in total. The second-order valence-electron chi connectivity index (χ2n) is 5.08. The summed E-state index contributed by atoms with van der Waals surface area (Å²) in [4.78, 5) is 44.0. The number of benzene rings is 1. The van der Waals surface area contributed by atoms with Gasteiger partial charge in [0.05, 0.1) is 17.7 Å². The highest BCUT2D eigenvalue weighted by atomic mass is 17.5. The molecule has 24 heavy (non-hydrogen) atoms. The van der Waals surface area contributed by atoms with Crippen molar-refractivity contribution >= 4 is 17.9 Å². The molecule has 0 atom stereocenters. The van der Waals surface area contributed by atoms with E-state index in [1.54, 1.807) is 6.07 Å². The van der Waals surface area contributed by atoms with E-state index in [9.17, 15) is 19.5 Å². The summed E-state index contributed by atoms with van der Waals surface area (Å²) in [5.74, 6) is -2.35. The second-order valence-corrected chi connectivity index (χ2v) is 5.08. The Hall–Kier alpha value is -2.71. The van der Waals surface area contributed by atoms with Crippen LogP contribution in [0.5, 0.6) is 0 Å². The van der Waals surface area contributed by atoms with Crippen LogP contribution >= 0.6 is 0 Å². The molecule has 8 nitrogen and oxygen atoms in total. The first-order valence-corrected chi connectivity index (χ1v) is 7.13. The Morgan fingerprint density at radius 1 is 1.21 bits per heavy atom. The average Bonchev–Trinajstić information content (AvgIpc) is 2.68. The number of esters is 1. The maximum Gasteiger partial charge on any atom is 0.378 e. The molecule has 1 heterocycles. The molecule has 2 rings (SSSR count). The van der Waals surface area contributed by atoms with Crippen LogP contribution in [0, 0.1) is 0 Å². The Labute approximate surface area is 137 Å². The van der Waals surface area contributed by atoms with Crippen LogP contribution in [0.4, 0.5) is 0 Å². The molecule has 1 aliphatic rings. The first-order chi connectivity index (χ1) is 11.5. The average molecular weight is 336 g/mol. The molecule has 0 bridgehead atoms. The van der Waals surface area contributed by atoms with Crippen LogP contribution in [0.15, 0.2) is 24.3 Å². The highest BCUT2D eigenvalue weighted by Gasteiger charge is 2.30. The predicted octanol–water partition coefficient (Wildman–Crippen LogP) is 1.06. The second kappa shape index (κ2) is 7.71. The lowest BCUT2D eigenvalue weighted by Crippen LogP contribution is -2.16. The molecule has 0 saturated heterocycles. The van der Waals surface area contributed by atoms with Crippen molar-refractivity contribution in [1.82, 2.24) is 0 Å². The van der Waals surface area contributed by atoms with E-state index < -0.39 is 17.9 Å². The molecule has 1 aromatic carbocycles. The van der Waals surface area contributed by atoms with E-state index in [4.69, 9.17) is 4.74 Å². The number of carbonyl (C=O) groups excluding carboxylic acids is 3. The number of hydrogen-bond donors (Lipinski definition) is 1. The zero-order valence-electron chi connectivity index (χ0n) is 13.0. The van der Waals surface area contributed by atoms with Crippen molar-refractivity contribution in [2.24, 2.45) is 0 Å². The fourth-order valence-corrected chi connectivity index (χ4v) is 2.27. The smallest absolute Gasteiger partial charge is 0.378 e. The largest absolute Gasteiger partial charge is 0.462 e. The minimum Gasteiger partial charge on any atom is -0.462 e. The summed E-state index contributed by atoms with van der Waals surface area (Å²) in [7, 11) is 0. The van der Waals surface area contributed by atoms with Gasteiger partial charge in [0.25, 0.3) is 0 Å². The number of aliphatic hydroxyl groups excluding tert-OH is 1. The van der Waals surface area contributed by atoms with Gasteiger partial charge in [0, 0.05) is 23.6 Å². The van der Waals surface area contributed by atoms with E-state index in [1.807, 2.05) is 0 Å². The summed E-state index contributed by atoms with van der Waals surface area (Å²) in [6.45, 7) is 4.79. The molecule has 0 unspecified atom stereocenters. The van der Waals surface area contributed by atoms with Gasteiger partial charge >= 0.3 is 17.9 Å². The van der Waals surface area contributed by atoms with Crippen LogP contribution in [0.1, 0.15) is 38.8 Å². The van der Waals surface area contributed by atoms with E-state index in [-0.39, 0.29) is 42.8 Å². The Morgan fingerprint density at radius 3 is 2.58 bits per heavy atom. The lowest BCUT2D eigenvalue weighted by atomic mass is 9.92. The molecule has 1 aliphatic heterocycles. The SMILES string of the molecule is C=C(C)C(=O)OCCc1c(CCO)ccc2c1C(=O)OOOC2=O. The third kappa shape index (κ3) is 3.79. The van der Waals surface area contributed by atoms with Crippen molar-refractivity contribution in [1.29, 1.82) is 0 Å². The molecule has 0 spiro atoms. The fourth-order valence-electron chi connectivity index (χ4n) is 2.27. The van der Waals surface area contributed by atoms with Gasteiger partial charge in [-0.05, 0) is 30.5 Å². The molecule has 0 aromatic heterocycles. The van der Waals surface area contributed by atoms with Crippen LogP contribution in [0.25, 0.3) is 0 Å². The molecule has 8 heteroatoms. The van der Waals surface area contributed by atoms with Gasteiger partial charge in [-0.2, -0.15) is 0 Å². The first kappa shape index (κ1) is 17.6. The Morgan fingerprint density at radius 2 is 1.92 bits per heavy atom. The summed E-state index contributed by atoms with van der Waals surface area (Å²) in [5, 5.41) is 13.3. The van der Waals surface area contributed by atoms with Gasteiger partial charge < -0.3 is 9.84 Å². The van der Waals surface area contributed by atoms with Crippen LogP contribution in [0.3, 0.4) is 0 Å². The number of fused-ring (bicyclic) bond motifs is 1. The number of ether oxygens (including phenoxy) is 1. The van der Waals surface area contributed by atoms with Gasteiger partial charge in [-0.3, -0.25) is 9.78 Å². The van der Waals surface area contributed by atoms with Crippen molar-refractivity contribution in [3.05, 3.63) is 46.5 Å². The highest BCUT2D eigenvalue weighted by molar-refractivity contribution is 6.04. The van der Waals surface area contributed by atoms with Gasteiger partial charge in [-0.15, -0.1) is 0 Å². The van der Waals surface area contributed by atoms with E-state index in [0.717, 1.165) is 0 Å². The van der Waals surface area contributed by atoms with Crippen LogP contribution in [-0.4, -0.2) is 36.2 Å². The fraction of sp³-hybridized carbons (Fsp3) is 0.312. The minimum absolute atomic E-state index is 0.0274. The van der Waals surface area contributed by atoms with Crippen molar-refractivity contribution in [3.8, 4) is 0 Å². The quantitative estimate of drug-likeness (QED) is 0.467. The van der Waals surface area contributed by atoms with Gasteiger partial charge in [-0.1, -0.05) is 12.6 Å². The van der Waals surface area contributed by atoms with Gasteiger partial charge in [0.15, 0.2) is 0 Å². The molecule has 0 radical (unpaired) electrons. The first-order valence-electron chi connectivity index (χ1n) is 7.13. The van der Waals surface area contributed by atoms with E-state index in [1.165, 1.54) is 13.0 Å². The monoisotopic (exact) mass is 336 g/mol. The van der Waals surface area contributed by atoms with Gasteiger partial charge in [0.1, 0.15) is 0 Å². The zero-order chi connectivity index (χ0) is 17.7. The Balaban J connectivity index is 2.37. The minimum atomic E-state index is -0.906. The summed E-state index contributed by atoms with van der Waals surface area (Å²) >= 11 is 0. The maximum atomic E-state index is 12.1. The highest BCUT2D eigenvalue weighted by Crippen LogP contribution is 2.25. The zero-order valence-corrected chi connectivity index (χ0v) is 13.0. The van der Waals surface area contributed by atoms with E-state index in [2.05, 4.69) is 21.4 Å². The van der Waals surface area contributed by atoms with Crippen molar-refractivity contribution in [2.45, 2.75) is 19.8 Å². The maximum absolute atomic E-state index is 12.1. The van der Waals surface area contributed by atoms with Crippen molar-refractivity contribution < 1.29 is 39.0 Å². The van der Waals surface area contributed by atoms with Crippen molar-refractivity contribution in [2.75, 3.05) is 13.2 Å². The third-order valence-electron chi connectivity index (χ3n) is 3.37. The third-order valence-corrected chi connectivity index (χ3v) is 3.37. The van der Waals surface area contributed by atoms with E-state index >= 15 is 0 Å². The molecular formula is C16H16O8. The standard InChI is InChI=1S/C16H16O8/c1-9(2)14(18)21-8-6-11-10(5-7-17)3-4-12-13(11)16(20)23-24-22-15(12)19/h3-4,17H,1,5-8H2,2H3. The Kier molecular flexibility index (Phi) is 5.67. The summed E-state index contributed by atoms with van der Waals surface area (Å²) < 4.78 is 5.02. The summed E-state index contributed by atoms with van der Waals surface area (Å²) in [5.41, 5.74) is 1.22. The molecular weight excluding hydrogens is 320 g/mol. The van der Waals surface area contributed by atoms with Crippen molar-refractivity contribution in [3.63, 3.8) is 0 Å². The topological polar surface area (TPSA) is 108 Å². The lowest BCUT2D eigenvalue weighted by Gasteiger charge is -2.14. The van der Waals surface area contributed by atoms with Gasteiger partial charge in [-0.25, -0.2) is 14.4 Å². The molecule has 128 valence electrons. The molecule has 0 aliphatic carbocycles. The van der Waals surface area contributed by atoms with Crippen LogP contribution in [0.2, 0.25) is 0 Å². The number of carbonyl (C=O) groups is 3. The molecule has 0 saturated carbocycles. The number of rotatable bonds is 6. The van der Waals surface area contributed by atoms with Gasteiger partial charge in [0.2, 0.25) is 0 Å².